The zero-order chi connectivity index (χ0) is 18.6. The molecule has 0 aromatic heterocycles. The number of hydrogen-bond acceptors (Lipinski definition) is 5. The van der Waals surface area contributed by atoms with Gasteiger partial charge < -0.3 is 10.1 Å². The van der Waals surface area contributed by atoms with Gasteiger partial charge in [-0.05, 0) is 42.8 Å². The Hall–Kier alpha value is -2.74. The second-order valence-electron chi connectivity index (χ2n) is 5.38. The molecule has 0 unspecified atom stereocenters. The predicted molar refractivity (Wildman–Crippen MR) is 89.6 cm³/mol. The van der Waals surface area contributed by atoms with Crippen LogP contribution in [0, 0.1) is 12.7 Å². The van der Waals surface area contributed by atoms with E-state index in [0.717, 1.165) is 12.3 Å². The zero-order valence-electron chi connectivity index (χ0n) is 13.6. The molecular weight excluding hydrogens is 349 g/mol. The van der Waals surface area contributed by atoms with E-state index in [1.54, 1.807) is 6.92 Å². The Morgan fingerprint density at radius 1 is 1.16 bits per heavy atom. The number of sulfone groups is 1. The highest BCUT2D eigenvalue weighted by Crippen LogP contribution is 2.16. The quantitative estimate of drug-likeness (QED) is 0.822. The summed E-state index contributed by atoms with van der Waals surface area (Å²) in [5, 5.41) is 2.39. The van der Waals surface area contributed by atoms with E-state index in [2.05, 4.69) is 5.32 Å². The number of anilines is 1. The highest BCUT2D eigenvalue weighted by Gasteiger charge is 2.16. The molecular formula is C17H16FNO5S. The largest absolute Gasteiger partial charge is 0.452 e. The second-order valence-corrected chi connectivity index (χ2v) is 7.40. The fraction of sp³-hybridized carbons (Fsp3) is 0.176. The molecule has 0 aliphatic heterocycles. The fourth-order valence-electron chi connectivity index (χ4n) is 2.02. The number of esters is 1. The average Bonchev–Trinajstić information content (AvgIpc) is 2.52. The van der Waals surface area contributed by atoms with E-state index in [0.29, 0.717) is 5.56 Å². The molecule has 1 N–H and O–H groups in total. The van der Waals surface area contributed by atoms with E-state index < -0.39 is 34.1 Å². The Balaban J connectivity index is 2.04. The topological polar surface area (TPSA) is 89.5 Å². The molecule has 0 saturated carbocycles. The number of benzene rings is 2. The Morgan fingerprint density at radius 3 is 2.52 bits per heavy atom. The molecule has 0 saturated heterocycles. The molecule has 0 bridgehead atoms. The third-order valence-electron chi connectivity index (χ3n) is 3.30. The summed E-state index contributed by atoms with van der Waals surface area (Å²) in [4.78, 5) is 23.8. The molecule has 132 valence electrons. The molecule has 6 nitrogen and oxygen atoms in total. The summed E-state index contributed by atoms with van der Waals surface area (Å²) in [5.41, 5.74) is 0.806. The molecule has 0 spiro atoms. The Morgan fingerprint density at radius 2 is 1.88 bits per heavy atom. The van der Waals surface area contributed by atoms with E-state index in [1.165, 1.54) is 36.4 Å². The van der Waals surface area contributed by atoms with Crippen molar-refractivity contribution in [3.63, 3.8) is 0 Å². The first-order chi connectivity index (χ1) is 11.7. The maximum atomic E-state index is 13.0. The van der Waals surface area contributed by atoms with Gasteiger partial charge in [0.2, 0.25) is 0 Å². The molecule has 1 amide bonds. The van der Waals surface area contributed by atoms with Crippen molar-refractivity contribution >= 4 is 27.4 Å². The van der Waals surface area contributed by atoms with Crippen LogP contribution in [0.4, 0.5) is 10.1 Å². The Kier molecular flexibility index (Phi) is 5.53. The smallest absolute Gasteiger partial charge is 0.338 e. The molecule has 0 atom stereocenters. The fourth-order valence-corrected chi connectivity index (χ4v) is 2.67. The second kappa shape index (κ2) is 7.43. The van der Waals surface area contributed by atoms with Gasteiger partial charge in [-0.3, -0.25) is 4.79 Å². The van der Waals surface area contributed by atoms with Gasteiger partial charge in [0.05, 0.1) is 10.5 Å². The highest BCUT2D eigenvalue weighted by molar-refractivity contribution is 7.90. The number of aryl methyl sites for hydroxylation is 1. The first kappa shape index (κ1) is 18.6. The zero-order valence-corrected chi connectivity index (χ0v) is 14.4. The van der Waals surface area contributed by atoms with Crippen molar-refractivity contribution in [2.24, 2.45) is 0 Å². The molecule has 8 heteroatoms. The summed E-state index contributed by atoms with van der Waals surface area (Å²) in [5.74, 6) is -1.98. The molecule has 2 rings (SSSR count). The average molecular weight is 365 g/mol. The standard InChI is InChI=1S/C17H16FNO5S/c1-11-6-7-14(25(2,22)23)9-15(11)17(21)24-10-16(20)19-13-5-3-4-12(18)8-13/h3-9H,10H2,1-2H3,(H,19,20). The van der Waals surface area contributed by atoms with Crippen molar-refractivity contribution in [3.8, 4) is 0 Å². The number of nitrogens with one attached hydrogen (secondary N) is 1. The van der Waals surface area contributed by atoms with Crippen molar-refractivity contribution in [2.45, 2.75) is 11.8 Å². The number of carbonyl (C=O) groups excluding carboxylic acids is 2. The lowest BCUT2D eigenvalue weighted by Gasteiger charge is -2.09. The van der Waals surface area contributed by atoms with E-state index >= 15 is 0 Å². The maximum absolute atomic E-state index is 13.0. The Labute approximate surface area is 144 Å². The van der Waals surface area contributed by atoms with Crippen LogP contribution in [0.15, 0.2) is 47.4 Å². The predicted octanol–water partition coefficient (Wildman–Crippen LogP) is 2.33. The lowest BCUT2D eigenvalue weighted by atomic mass is 10.1. The van der Waals surface area contributed by atoms with E-state index in [4.69, 9.17) is 4.74 Å². The molecule has 0 fully saturated rings. The van der Waals surface area contributed by atoms with Gasteiger partial charge >= 0.3 is 5.97 Å². The monoisotopic (exact) mass is 365 g/mol. The van der Waals surface area contributed by atoms with Crippen LogP contribution in [0.25, 0.3) is 0 Å². The van der Waals surface area contributed by atoms with E-state index in [-0.39, 0.29) is 16.1 Å². The van der Waals surface area contributed by atoms with Crippen LogP contribution in [0.5, 0.6) is 0 Å². The number of halogens is 1. The van der Waals surface area contributed by atoms with Crippen LogP contribution in [0.3, 0.4) is 0 Å². The van der Waals surface area contributed by atoms with E-state index in [1.807, 2.05) is 0 Å². The summed E-state index contributed by atoms with van der Waals surface area (Å²) in [6.45, 7) is 1.04. The maximum Gasteiger partial charge on any atom is 0.338 e. The van der Waals surface area contributed by atoms with Crippen molar-refractivity contribution < 1.29 is 27.1 Å². The van der Waals surface area contributed by atoms with Gasteiger partial charge in [0, 0.05) is 11.9 Å². The minimum Gasteiger partial charge on any atom is -0.452 e. The SMILES string of the molecule is Cc1ccc(S(C)(=O)=O)cc1C(=O)OCC(=O)Nc1cccc(F)c1. The van der Waals surface area contributed by atoms with Crippen LogP contribution in [-0.2, 0) is 19.4 Å². The summed E-state index contributed by atoms with van der Waals surface area (Å²) in [7, 11) is -3.47. The van der Waals surface area contributed by atoms with Crippen molar-refractivity contribution in [3.05, 3.63) is 59.4 Å². The van der Waals surface area contributed by atoms with Gasteiger partial charge in [-0.2, -0.15) is 0 Å². The number of hydrogen-bond donors (Lipinski definition) is 1. The number of carbonyl (C=O) groups is 2. The van der Waals surface area contributed by atoms with Crippen LogP contribution >= 0.6 is 0 Å². The summed E-state index contributed by atoms with van der Waals surface area (Å²) in [6, 6.07) is 9.35. The third-order valence-corrected chi connectivity index (χ3v) is 4.41. The third kappa shape index (κ3) is 5.12. The molecule has 0 aliphatic carbocycles. The first-order valence-electron chi connectivity index (χ1n) is 7.20. The minimum absolute atomic E-state index is 0.0192. The highest BCUT2D eigenvalue weighted by atomic mass is 32.2. The molecule has 0 aliphatic rings. The van der Waals surface area contributed by atoms with Crippen molar-refractivity contribution in [2.75, 3.05) is 18.2 Å². The number of amides is 1. The van der Waals surface area contributed by atoms with Gasteiger partial charge in [0.25, 0.3) is 5.91 Å². The van der Waals surface area contributed by atoms with Crippen LogP contribution < -0.4 is 5.32 Å². The van der Waals surface area contributed by atoms with Crippen LogP contribution in [0.2, 0.25) is 0 Å². The summed E-state index contributed by atoms with van der Waals surface area (Å²) in [6.07, 6.45) is 1.03. The van der Waals surface area contributed by atoms with Gasteiger partial charge in [-0.25, -0.2) is 17.6 Å². The molecule has 25 heavy (non-hydrogen) atoms. The molecule has 2 aromatic carbocycles. The molecule has 0 radical (unpaired) electrons. The lowest BCUT2D eigenvalue weighted by Crippen LogP contribution is -2.21. The van der Waals surface area contributed by atoms with Gasteiger partial charge in [0.15, 0.2) is 16.4 Å². The van der Waals surface area contributed by atoms with Crippen LogP contribution in [0.1, 0.15) is 15.9 Å². The summed E-state index contributed by atoms with van der Waals surface area (Å²) >= 11 is 0. The number of rotatable bonds is 5. The van der Waals surface area contributed by atoms with Crippen molar-refractivity contribution in [1.82, 2.24) is 0 Å². The summed E-state index contributed by atoms with van der Waals surface area (Å²) < 4.78 is 41.1. The first-order valence-corrected chi connectivity index (χ1v) is 9.09. The van der Waals surface area contributed by atoms with Gasteiger partial charge in [0.1, 0.15) is 5.82 Å². The lowest BCUT2D eigenvalue weighted by molar-refractivity contribution is -0.119. The van der Waals surface area contributed by atoms with Gasteiger partial charge in [-0.1, -0.05) is 12.1 Å². The minimum atomic E-state index is -3.47. The van der Waals surface area contributed by atoms with Crippen molar-refractivity contribution in [1.29, 1.82) is 0 Å². The van der Waals surface area contributed by atoms with Gasteiger partial charge in [-0.15, -0.1) is 0 Å². The van der Waals surface area contributed by atoms with Crippen LogP contribution in [-0.4, -0.2) is 33.2 Å². The number of ether oxygens (including phenoxy) is 1. The normalized spacial score (nSPS) is 11.0. The molecule has 0 heterocycles. The molecule has 2 aromatic rings. The Bertz CT molecular complexity index is 924. The van der Waals surface area contributed by atoms with E-state index in [9.17, 15) is 22.4 Å².